The van der Waals surface area contributed by atoms with E-state index in [-0.39, 0.29) is 0 Å². The fourth-order valence-electron chi connectivity index (χ4n) is 1.11. The van der Waals surface area contributed by atoms with Crippen LogP contribution in [-0.2, 0) is 0 Å². The predicted octanol–water partition coefficient (Wildman–Crippen LogP) is 3.55. The molecule has 0 aliphatic rings. The molecule has 0 aliphatic carbocycles. The van der Waals surface area contributed by atoms with Crippen LogP contribution in [0.2, 0.25) is 0 Å². The lowest BCUT2D eigenvalue weighted by molar-refractivity contribution is 0.495. The zero-order valence-corrected chi connectivity index (χ0v) is 9.01. The third kappa shape index (κ3) is 2.72. The molecule has 0 bridgehead atoms. The van der Waals surface area contributed by atoms with Crippen molar-refractivity contribution in [2.75, 3.05) is 6.26 Å². The third-order valence-corrected chi connectivity index (χ3v) is 3.12. The van der Waals surface area contributed by atoms with Crippen molar-refractivity contribution >= 4 is 10.6 Å². The van der Waals surface area contributed by atoms with Crippen molar-refractivity contribution in [3.63, 3.8) is 0 Å². The molecule has 0 saturated carbocycles. The summed E-state index contributed by atoms with van der Waals surface area (Å²) in [5, 5.41) is 0. The minimum atomic E-state index is -2.56. The van der Waals surface area contributed by atoms with Crippen molar-refractivity contribution in [1.82, 2.24) is 0 Å². The molecule has 2 N–H and O–H groups in total. The van der Waals surface area contributed by atoms with Gasteiger partial charge in [-0.05, 0) is 23.6 Å². The van der Waals surface area contributed by atoms with Gasteiger partial charge < -0.3 is 0 Å². The van der Waals surface area contributed by atoms with E-state index in [1.165, 1.54) is 6.26 Å². The monoisotopic (exact) mass is 200 g/mol. The number of rotatable bonds is 2. The Kier molecular flexibility index (Phi) is 3.01. The quantitative estimate of drug-likeness (QED) is 0.766. The fourth-order valence-corrected chi connectivity index (χ4v) is 1.81. The average Bonchev–Trinajstić information content (AvgIpc) is 2.03. The van der Waals surface area contributed by atoms with E-state index in [9.17, 15) is 9.11 Å². The lowest BCUT2D eigenvalue weighted by Crippen LogP contribution is -1.96. The zero-order valence-electron chi connectivity index (χ0n) is 8.19. The Morgan fingerprint density at radius 1 is 1.23 bits per heavy atom. The zero-order chi connectivity index (χ0) is 10.1. The second kappa shape index (κ2) is 3.70. The molecule has 0 aliphatic heterocycles. The van der Waals surface area contributed by atoms with E-state index < -0.39 is 10.6 Å². The number of benzene rings is 1. The fraction of sp³-hybridized carbons (Fsp3) is 0.400. The summed E-state index contributed by atoms with van der Waals surface area (Å²) in [7, 11) is -2.56. The lowest BCUT2D eigenvalue weighted by atomic mass is 10.0. The Labute approximate surface area is 81.0 Å². The minimum Gasteiger partial charge on any atom is -0.295 e. The van der Waals surface area contributed by atoms with Crippen LogP contribution < -0.4 is 0 Å². The summed E-state index contributed by atoms with van der Waals surface area (Å²) in [4.78, 5) is 0.624. The van der Waals surface area contributed by atoms with Crippen molar-refractivity contribution in [1.29, 1.82) is 0 Å². The van der Waals surface area contributed by atoms with Gasteiger partial charge in [0.15, 0.2) is 0 Å². The first kappa shape index (κ1) is 10.6. The molecule has 0 atom stereocenters. The lowest BCUT2D eigenvalue weighted by Gasteiger charge is -2.27. The van der Waals surface area contributed by atoms with Crippen LogP contribution in [0.1, 0.15) is 25.3 Å². The highest BCUT2D eigenvalue weighted by Gasteiger charge is 2.09. The molecule has 74 valence electrons. The van der Waals surface area contributed by atoms with Gasteiger partial charge in [0.1, 0.15) is 0 Å². The van der Waals surface area contributed by atoms with E-state index >= 15 is 0 Å². The Balaban J connectivity index is 3.06. The molecule has 2 nitrogen and oxygen atoms in total. The van der Waals surface area contributed by atoms with Crippen LogP contribution >= 0.6 is 10.6 Å². The summed E-state index contributed by atoms with van der Waals surface area (Å²) >= 11 is 0. The normalized spacial score (nSPS) is 13.4. The summed E-state index contributed by atoms with van der Waals surface area (Å²) in [6.45, 7) is 4.17. The summed E-state index contributed by atoms with van der Waals surface area (Å²) < 4.78 is 18.9. The molecular weight excluding hydrogens is 184 g/mol. The first-order valence-electron chi connectivity index (χ1n) is 4.24. The maximum atomic E-state index is 9.43. The molecule has 0 aromatic heterocycles. The summed E-state index contributed by atoms with van der Waals surface area (Å²) in [5.41, 5.74) is 1.14. The molecule has 1 rings (SSSR count). The van der Waals surface area contributed by atoms with Crippen LogP contribution in [0, 0.1) is 0 Å². The van der Waals surface area contributed by atoms with Crippen LogP contribution in [0.15, 0.2) is 29.2 Å². The van der Waals surface area contributed by atoms with Gasteiger partial charge in [-0.2, -0.15) is 10.6 Å². The second-order valence-corrected chi connectivity index (χ2v) is 5.70. The van der Waals surface area contributed by atoms with E-state index in [1.54, 1.807) is 6.07 Å². The Hall–Kier alpha value is -0.510. The van der Waals surface area contributed by atoms with Crippen LogP contribution in [0.4, 0.5) is 0 Å². The van der Waals surface area contributed by atoms with E-state index in [1.807, 2.05) is 18.2 Å². The predicted molar refractivity (Wildman–Crippen MR) is 57.6 cm³/mol. The summed E-state index contributed by atoms with van der Waals surface area (Å²) in [6, 6.07) is 7.48. The van der Waals surface area contributed by atoms with Crippen molar-refractivity contribution < 1.29 is 9.11 Å². The van der Waals surface area contributed by atoms with Crippen molar-refractivity contribution in [3.05, 3.63) is 29.8 Å². The van der Waals surface area contributed by atoms with Crippen molar-refractivity contribution in [2.24, 2.45) is 0 Å². The van der Waals surface area contributed by atoms with Gasteiger partial charge in [0.05, 0.1) is 4.90 Å². The molecule has 1 aromatic rings. The van der Waals surface area contributed by atoms with Crippen molar-refractivity contribution in [3.8, 4) is 0 Å². The molecule has 0 radical (unpaired) electrons. The highest BCUT2D eigenvalue weighted by molar-refractivity contribution is 8.23. The van der Waals surface area contributed by atoms with Gasteiger partial charge >= 0.3 is 0 Å². The summed E-state index contributed by atoms with van der Waals surface area (Å²) in [6.07, 6.45) is 1.45. The average molecular weight is 200 g/mol. The smallest absolute Gasteiger partial charge is 0.0583 e. The minimum absolute atomic E-state index is 0.418. The van der Waals surface area contributed by atoms with Crippen LogP contribution in [0.3, 0.4) is 0 Å². The summed E-state index contributed by atoms with van der Waals surface area (Å²) in [5.74, 6) is 0.418. The standard InChI is InChI=1S/C10H16O2S/c1-8(2)9-5-4-6-10(7-9)13(3,11)12/h4-8,11-12H,1-3H3. The van der Waals surface area contributed by atoms with Gasteiger partial charge in [0.25, 0.3) is 0 Å². The molecule has 0 heterocycles. The number of hydrogen-bond acceptors (Lipinski definition) is 2. The first-order valence-corrected chi connectivity index (χ1v) is 6.20. The highest BCUT2D eigenvalue weighted by Crippen LogP contribution is 2.44. The second-order valence-electron chi connectivity index (χ2n) is 3.56. The van der Waals surface area contributed by atoms with E-state index in [2.05, 4.69) is 13.8 Å². The van der Waals surface area contributed by atoms with Gasteiger partial charge in [-0.1, -0.05) is 26.0 Å². The van der Waals surface area contributed by atoms with Crippen LogP contribution in [0.5, 0.6) is 0 Å². The van der Waals surface area contributed by atoms with Gasteiger partial charge in [-0.25, -0.2) is 0 Å². The van der Waals surface area contributed by atoms with Crippen LogP contribution in [0.25, 0.3) is 0 Å². The molecule has 0 spiro atoms. The van der Waals surface area contributed by atoms with Crippen molar-refractivity contribution in [2.45, 2.75) is 24.7 Å². The van der Waals surface area contributed by atoms with E-state index in [4.69, 9.17) is 0 Å². The highest BCUT2D eigenvalue weighted by atomic mass is 32.3. The maximum Gasteiger partial charge on any atom is 0.0583 e. The maximum absolute atomic E-state index is 9.43. The Morgan fingerprint density at radius 2 is 1.85 bits per heavy atom. The molecule has 3 heteroatoms. The van der Waals surface area contributed by atoms with Gasteiger partial charge in [-0.15, -0.1) is 0 Å². The van der Waals surface area contributed by atoms with E-state index in [0.717, 1.165) is 5.56 Å². The molecular formula is C10H16O2S. The van der Waals surface area contributed by atoms with Crippen LogP contribution in [-0.4, -0.2) is 15.4 Å². The topological polar surface area (TPSA) is 40.5 Å². The number of hydrogen-bond donors (Lipinski definition) is 2. The van der Waals surface area contributed by atoms with Gasteiger partial charge in [0.2, 0.25) is 0 Å². The molecule has 1 aromatic carbocycles. The molecule has 0 unspecified atom stereocenters. The Morgan fingerprint density at radius 3 is 2.31 bits per heavy atom. The molecule has 0 saturated heterocycles. The first-order chi connectivity index (χ1) is 5.91. The largest absolute Gasteiger partial charge is 0.295 e. The Bertz CT molecular complexity index is 289. The third-order valence-electron chi connectivity index (χ3n) is 1.97. The molecule has 0 amide bonds. The SMILES string of the molecule is CC(C)c1cccc(S(C)(O)O)c1. The van der Waals surface area contributed by atoms with Gasteiger partial charge in [-0.3, -0.25) is 9.11 Å². The van der Waals surface area contributed by atoms with Gasteiger partial charge in [0, 0.05) is 6.26 Å². The molecule has 0 fully saturated rings. The molecule has 13 heavy (non-hydrogen) atoms. The van der Waals surface area contributed by atoms with E-state index in [0.29, 0.717) is 10.8 Å².